The van der Waals surface area contributed by atoms with Crippen LogP contribution in [0.25, 0.3) is 5.52 Å². The Labute approximate surface area is 69.2 Å². The SMILES string of the molecule is O=COc1ccn2ccccc12. The fourth-order valence-corrected chi connectivity index (χ4v) is 1.18. The molecule has 0 aliphatic rings. The van der Waals surface area contributed by atoms with Gasteiger partial charge in [0.05, 0.1) is 5.52 Å². The summed E-state index contributed by atoms with van der Waals surface area (Å²) in [5.74, 6) is 0.589. The maximum Gasteiger partial charge on any atom is 0.298 e. The minimum atomic E-state index is 0.433. The molecule has 0 radical (unpaired) electrons. The van der Waals surface area contributed by atoms with E-state index in [2.05, 4.69) is 0 Å². The van der Waals surface area contributed by atoms with E-state index in [1.54, 1.807) is 6.07 Å². The van der Waals surface area contributed by atoms with Crippen LogP contribution in [0.2, 0.25) is 0 Å². The van der Waals surface area contributed by atoms with Crippen LogP contribution in [0, 0.1) is 0 Å². The number of hydrogen-bond acceptors (Lipinski definition) is 2. The van der Waals surface area contributed by atoms with Crippen LogP contribution in [0.5, 0.6) is 5.75 Å². The van der Waals surface area contributed by atoms with Crippen molar-refractivity contribution in [1.82, 2.24) is 4.40 Å². The van der Waals surface area contributed by atoms with Gasteiger partial charge in [0.1, 0.15) is 0 Å². The third kappa shape index (κ3) is 0.955. The van der Waals surface area contributed by atoms with Crippen molar-refractivity contribution >= 4 is 12.0 Å². The first-order valence-corrected chi connectivity index (χ1v) is 3.58. The summed E-state index contributed by atoms with van der Waals surface area (Å²) in [6.45, 7) is 0.433. The van der Waals surface area contributed by atoms with Gasteiger partial charge < -0.3 is 9.14 Å². The molecule has 0 fully saturated rings. The molecule has 0 unspecified atom stereocenters. The van der Waals surface area contributed by atoms with Crippen molar-refractivity contribution in [3.63, 3.8) is 0 Å². The van der Waals surface area contributed by atoms with Crippen LogP contribution in [-0.4, -0.2) is 10.9 Å². The molecule has 0 bridgehead atoms. The quantitative estimate of drug-likeness (QED) is 0.624. The van der Waals surface area contributed by atoms with Crippen molar-refractivity contribution in [2.45, 2.75) is 0 Å². The molecule has 2 rings (SSSR count). The fraction of sp³-hybridized carbons (Fsp3) is 0. The van der Waals surface area contributed by atoms with Crippen molar-refractivity contribution in [2.24, 2.45) is 0 Å². The van der Waals surface area contributed by atoms with E-state index in [0.717, 1.165) is 5.52 Å². The van der Waals surface area contributed by atoms with Crippen molar-refractivity contribution in [3.8, 4) is 5.75 Å². The zero-order valence-corrected chi connectivity index (χ0v) is 6.31. The van der Waals surface area contributed by atoms with E-state index in [4.69, 9.17) is 4.74 Å². The van der Waals surface area contributed by atoms with Gasteiger partial charge in [0.2, 0.25) is 0 Å². The number of carbonyl (C=O) groups is 1. The van der Waals surface area contributed by atoms with Crippen LogP contribution in [0.15, 0.2) is 36.7 Å². The number of ether oxygens (including phenoxy) is 1. The van der Waals surface area contributed by atoms with Crippen LogP contribution < -0.4 is 4.74 Å². The zero-order chi connectivity index (χ0) is 8.39. The van der Waals surface area contributed by atoms with Gasteiger partial charge in [0.25, 0.3) is 6.47 Å². The topological polar surface area (TPSA) is 30.7 Å². The Morgan fingerprint density at radius 2 is 2.17 bits per heavy atom. The molecule has 12 heavy (non-hydrogen) atoms. The van der Waals surface area contributed by atoms with Gasteiger partial charge in [-0.2, -0.15) is 0 Å². The zero-order valence-electron chi connectivity index (χ0n) is 6.31. The molecule has 0 spiro atoms. The second kappa shape index (κ2) is 2.70. The molecule has 0 aliphatic heterocycles. The highest BCUT2D eigenvalue weighted by Gasteiger charge is 2.00. The molecular formula is C9H7NO2. The van der Waals surface area contributed by atoms with E-state index >= 15 is 0 Å². The van der Waals surface area contributed by atoms with Gasteiger partial charge in [0.15, 0.2) is 5.75 Å². The first-order valence-electron chi connectivity index (χ1n) is 3.58. The Balaban J connectivity index is 2.62. The molecule has 0 saturated carbocycles. The third-order valence-corrected chi connectivity index (χ3v) is 1.70. The lowest BCUT2D eigenvalue weighted by Gasteiger charge is -1.95. The Kier molecular flexibility index (Phi) is 1.55. The van der Waals surface area contributed by atoms with Gasteiger partial charge in [-0.1, -0.05) is 6.07 Å². The highest BCUT2D eigenvalue weighted by atomic mass is 16.5. The number of rotatable bonds is 2. The average molecular weight is 161 g/mol. The summed E-state index contributed by atoms with van der Waals surface area (Å²) in [5.41, 5.74) is 0.893. The summed E-state index contributed by atoms with van der Waals surface area (Å²) in [6, 6.07) is 7.45. The lowest BCUT2D eigenvalue weighted by atomic mass is 10.4. The van der Waals surface area contributed by atoms with Crippen LogP contribution >= 0.6 is 0 Å². The van der Waals surface area contributed by atoms with Crippen molar-refractivity contribution in [1.29, 1.82) is 0 Å². The number of fused-ring (bicyclic) bond motifs is 1. The predicted molar refractivity (Wildman–Crippen MR) is 44.1 cm³/mol. The molecule has 0 aromatic carbocycles. The Bertz CT molecular complexity index is 406. The number of hydrogen-bond donors (Lipinski definition) is 0. The second-order valence-corrected chi connectivity index (χ2v) is 2.39. The number of pyridine rings is 1. The molecule has 2 aromatic heterocycles. The van der Waals surface area contributed by atoms with Gasteiger partial charge in [-0.15, -0.1) is 0 Å². The van der Waals surface area contributed by atoms with Crippen LogP contribution in [-0.2, 0) is 4.79 Å². The molecule has 0 saturated heterocycles. The molecular weight excluding hydrogens is 154 g/mol. The van der Waals surface area contributed by atoms with E-state index in [-0.39, 0.29) is 0 Å². The van der Waals surface area contributed by atoms with Gasteiger partial charge in [-0.05, 0) is 18.2 Å². The molecule has 3 nitrogen and oxygen atoms in total. The van der Waals surface area contributed by atoms with Gasteiger partial charge in [0, 0.05) is 12.4 Å². The van der Waals surface area contributed by atoms with Gasteiger partial charge in [-0.3, -0.25) is 4.79 Å². The van der Waals surface area contributed by atoms with E-state index in [1.165, 1.54) is 0 Å². The predicted octanol–water partition coefficient (Wildman–Crippen LogP) is 1.47. The Hall–Kier alpha value is -1.77. The highest BCUT2D eigenvalue weighted by molar-refractivity contribution is 5.64. The minimum absolute atomic E-state index is 0.433. The highest BCUT2D eigenvalue weighted by Crippen LogP contribution is 2.19. The van der Waals surface area contributed by atoms with E-state index in [9.17, 15) is 4.79 Å². The number of nitrogens with zero attached hydrogens (tertiary/aromatic N) is 1. The summed E-state index contributed by atoms with van der Waals surface area (Å²) < 4.78 is 6.65. The van der Waals surface area contributed by atoms with Crippen molar-refractivity contribution < 1.29 is 9.53 Å². The fourth-order valence-electron chi connectivity index (χ4n) is 1.18. The number of carbonyl (C=O) groups excluding carboxylic acids is 1. The van der Waals surface area contributed by atoms with Crippen LogP contribution in [0.3, 0.4) is 0 Å². The first kappa shape index (κ1) is 6.91. The molecule has 0 N–H and O–H groups in total. The summed E-state index contributed by atoms with van der Waals surface area (Å²) >= 11 is 0. The summed E-state index contributed by atoms with van der Waals surface area (Å²) in [5, 5.41) is 0. The maximum absolute atomic E-state index is 10.1. The smallest absolute Gasteiger partial charge is 0.298 e. The summed E-state index contributed by atoms with van der Waals surface area (Å²) in [6.07, 6.45) is 3.74. The minimum Gasteiger partial charge on any atom is -0.426 e. The molecule has 0 amide bonds. The van der Waals surface area contributed by atoms with E-state index < -0.39 is 0 Å². The van der Waals surface area contributed by atoms with Crippen LogP contribution in [0.4, 0.5) is 0 Å². The largest absolute Gasteiger partial charge is 0.426 e. The van der Waals surface area contributed by atoms with E-state index in [1.807, 2.05) is 35.0 Å². The van der Waals surface area contributed by atoms with Gasteiger partial charge in [-0.25, -0.2) is 0 Å². The Morgan fingerprint density at radius 1 is 1.25 bits per heavy atom. The number of aromatic nitrogens is 1. The lowest BCUT2D eigenvalue weighted by Crippen LogP contribution is -1.87. The molecule has 0 atom stereocenters. The van der Waals surface area contributed by atoms with Crippen molar-refractivity contribution in [3.05, 3.63) is 36.7 Å². The normalized spacial score (nSPS) is 10.0. The van der Waals surface area contributed by atoms with Gasteiger partial charge >= 0.3 is 0 Å². The maximum atomic E-state index is 10.1. The average Bonchev–Trinajstić information content (AvgIpc) is 2.50. The molecule has 2 aromatic rings. The molecule has 60 valence electrons. The first-order chi connectivity index (χ1) is 5.92. The lowest BCUT2D eigenvalue weighted by molar-refractivity contribution is -0.120. The second-order valence-electron chi connectivity index (χ2n) is 2.39. The monoisotopic (exact) mass is 161 g/mol. The third-order valence-electron chi connectivity index (χ3n) is 1.70. The van der Waals surface area contributed by atoms with Crippen LogP contribution in [0.1, 0.15) is 0 Å². The summed E-state index contributed by atoms with van der Waals surface area (Å²) in [7, 11) is 0. The summed E-state index contributed by atoms with van der Waals surface area (Å²) in [4.78, 5) is 10.1. The van der Waals surface area contributed by atoms with Crippen molar-refractivity contribution in [2.75, 3.05) is 0 Å². The molecule has 0 aliphatic carbocycles. The molecule has 2 heterocycles. The van der Waals surface area contributed by atoms with E-state index in [0.29, 0.717) is 12.2 Å². The standard InChI is InChI=1S/C9H7NO2/c11-7-12-9-4-6-10-5-2-1-3-8(9)10/h1-7H. The Morgan fingerprint density at radius 3 is 3.00 bits per heavy atom. The molecule has 3 heteroatoms.